The molecular weight excluding hydrogens is 316 g/mol. The lowest BCUT2D eigenvalue weighted by Gasteiger charge is -2.34. The molecule has 2 heterocycles. The number of hydrogen-bond donors (Lipinski definition) is 1. The van der Waals surface area contributed by atoms with Gasteiger partial charge < -0.3 is 9.52 Å². The van der Waals surface area contributed by atoms with Crippen LogP contribution in [0.4, 0.5) is 0 Å². The third-order valence-corrected chi connectivity index (χ3v) is 5.93. The maximum atomic E-state index is 12.5. The van der Waals surface area contributed by atoms with E-state index in [9.17, 15) is 13.5 Å². The number of β-amino-alcohol motifs (C(OH)–C–C–N with tert-alkyl or cyclic N) is 1. The maximum absolute atomic E-state index is 12.5. The van der Waals surface area contributed by atoms with Crippen molar-refractivity contribution in [3.05, 3.63) is 54.5 Å². The fourth-order valence-corrected chi connectivity index (χ4v) is 4.15. The van der Waals surface area contributed by atoms with Gasteiger partial charge in [0.1, 0.15) is 11.9 Å². The van der Waals surface area contributed by atoms with Gasteiger partial charge in [-0.15, -0.1) is 0 Å². The average Bonchev–Trinajstić information content (AvgIpc) is 3.11. The van der Waals surface area contributed by atoms with Gasteiger partial charge in [0.2, 0.25) is 10.0 Å². The fourth-order valence-electron chi connectivity index (χ4n) is 2.71. The van der Waals surface area contributed by atoms with Crippen LogP contribution in [0.3, 0.4) is 0 Å². The quantitative estimate of drug-likeness (QED) is 0.891. The van der Waals surface area contributed by atoms with Gasteiger partial charge in [-0.05, 0) is 24.3 Å². The predicted octanol–water partition coefficient (Wildman–Crippen LogP) is 1.32. The van der Waals surface area contributed by atoms with Crippen LogP contribution in [0.1, 0.15) is 11.9 Å². The van der Waals surface area contributed by atoms with Gasteiger partial charge in [-0.2, -0.15) is 4.31 Å². The molecule has 0 aliphatic carbocycles. The molecule has 1 aliphatic rings. The van der Waals surface area contributed by atoms with Crippen molar-refractivity contribution in [3.8, 4) is 0 Å². The standard InChI is InChI=1S/C16H20N2O4S/c19-15(16-7-4-12-22-16)13-17-8-10-18(11-9-17)23(20,21)14-5-2-1-3-6-14/h1-7,12,15,19H,8-11,13H2. The lowest BCUT2D eigenvalue weighted by atomic mass is 10.2. The van der Waals surface area contributed by atoms with Crippen LogP contribution in [0.15, 0.2) is 58.0 Å². The van der Waals surface area contributed by atoms with E-state index in [1.165, 1.54) is 10.6 Å². The molecule has 1 fully saturated rings. The monoisotopic (exact) mass is 336 g/mol. The number of sulfonamides is 1. The molecule has 23 heavy (non-hydrogen) atoms. The normalized spacial score (nSPS) is 18.8. The first kappa shape index (κ1) is 16.2. The third-order valence-electron chi connectivity index (χ3n) is 4.01. The number of nitrogens with zero attached hydrogens (tertiary/aromatic N) is 2. The Morgan fingerprint density at radius 3 is 2.35 bits per heavy atom. The molecule has 0 saturated carbocycles. The summed E-state index contributed by atoms with van der Waals surface area (Å²) in [4.78, 5) is 2.37. The first-order valence-electron chi connectivity index (χ1n) is 7.56. The SMILES string of the molecule is O=S(=O)(c1ccccc1)N1CCN(CC(O)c2ccco2)CC1. The van der Waals surface area contributed by atoms with Crippen molar-refractivity contribution < 1.29 is 17.9 Å². The van der Waals surface area contributed by atoms with Gasteiger partial charge >= 0.3 is 0 Å². The summed E-state index contributed by atoms with van der Waals surface area (Å²) >= 11 is 0. The van der Waals surface area contributed by atoms with Crippen molar-refractivity contribution in [1.82, 2.24) is 9.21 Å². The van der Waals surface area contributed by atoms with Crippen molar-refractivity contribution in [3.63, 3.8) is 0 Å². The van der Waals surface area contributed by atoms with Crippen molar-refractivity contribution >= 4 is 10.0 Å². The number of hydrogen-bond acceptors (Lipinski definition) is 5. The molecule has 0 bridgehead atoms. The zero-order valence-corrected chi connectivity index (χ0v) is 13.5. The molecule has 0 radical (unpaired) electrons. The molecule has 1 saturated heterocycles. The summed E-state index contributed by atoms with van der Waals surface area (Å²) in [6, 6.07) is 12.0. The van der Waals surface area contributed by atoms with Gasteiger partial charge in [-0.25, -0.2) is 8.42 Å². The molecule has 1 aromatic carbocycles. The smallest absolute Gasteiger partial charge is 0.243 e. The minimum Gasteiger partial charge on any atom is -0.467 e. The minimum absolute atomic E-state index is 0.323. The number of furan rings is 1. The molecule has 1 atom stereocenters. The first-order valence-corrected chi connectivity index (χ1v) is 9.00. The molecule has 2 aromatic rings. The Hall–Kier alpha value is -1.67. The highest BCUT2D eigenvalue weighted by atomic mass is 32.2. The molecule has 7 heteroatoms. The Morgan fingerprint density at radius 2 is 1.74 bits per heavy atom. The van der Waals surface area contributed by atoms with Gasteiger partial charge in [0, 0.05) is 32.7 Å². The zero-order valence-electron chi connectivity index (χ0n) is 12.7. The second kappa shape index (κ2) is 6.84. The van der Waals surface area contributed by atoms with E-state index < -0.39 is 16.1 Å². The largest absolute Gasteiger partial charge is 0.467 e. The molecule has 1 N–H and O–H groups in total. The molecule has 1 unspecified atom stereocenters. The Bertz CT molecular complexity index is 708. The molecule has 1 aromatic heterocycles. The number of benzene rings is 1. The van der Waals surface area contributed by atoms with E-state index in [4.69, 9.17) is 4.42 Å². The van der Waals surface area contributed by atoms with E-state index >= 15 is 0 Å². The van der Waals surface area contributed by atoms with Crippen molar-refractivity contribution in [1.29, 1.82) is 0 Å². The van der Waals surface area contributed by atoms with Crippen LogP contribution in [-0.2, 0) is 10.0 Å². The average molecular weight is 336 g/mol. The second-order valence-corrected chi connectivity index (χ2v) is 7.49. The number of aliphatic hydroxyl groups excluding tert-OH is 1. The Kier molecular flexibility index (Phi) is 4.82. The van der Waals surface area contributed by atoms with Crippen LogP contribution >= 0.6 is 0 Å². The molecular formula is C16H20N2O4S. The minimum atomic E-state index is -3.43. The van der Waals surface area contributed by atoms with Crippen LogP contribution in [0.5, 0.6) is 0 Å². The second-order valence-electron chi connectivity index (χ2n) is 5.55. The van der Waals surface area contributed by atoms with Gasteiger partial charge in [0.15, 0.2) is 0 Å². The molecule has 1 aliphatic heterocycles. The molecule has 0 spiro atoms. The van der Waals surface area contributed by atoms with Gasteiger partial charge in [0.25, 0.3) is 0 Å². The lowest BCUT2D eigenvalue weighted by molar-refractivity contribution is 0.0776. The molecule has 124 valence electrons. The van der Waals surface area contributed by atoms with Gasteiger partial charge in [-0.3, -0.25) is 4.90 Å². The van der Waals surface area contributed by atoms with Crippen molar-refractivity contribution in [2.24, 2.45) is 0 Å². The highest BCUT2D eigenvalue weighted by molar-refractivity contribution is 7.89. The highest BCUT2D eigenvalue weighted by Crippen LogP contribution is 2.19. The number of aliphatic hydroxyl groups is 1. The van der Waals surface area contributed by atoms with Crippen LogP contribution in [0.2, 0.25) is 0 Å². The first-order chi connectivity index (χ1) is 11.1. The fraction of sp³-hybridized carbons (Fsp3) is 0.375. The van der Waals surface area contributed by atoms with E-state index in [2.05, 4.69) is 0 Å². The van der Waals surface area contributed by atoms with E-state index in [1.807, 2.05) is 4.90 Å². The van der Waals surface area contributed by atoms with Crippen molar-refractivity contribution in [2.75, 3.05) is 32.7 Å². The third kappa shape index (κ3) is 3.64. The van der Waals surface area contributed by atoms with Crippen LogP contribution in [0.25, 0.3) is 0 Å². The summed E-state index contributed by atoms with van der Waals surface area (Å²) < 4.78 is 31.8. The summed E-state index contributed by atoms with van der Waals surface area (Å²) in [5.74, 6) is 0.532. The molecule has 3 rings (SSSR count). The predicted molar refractivity (Wildman–Crippen MR) is 85.3 cm³/mol. The van der Waals surface area contributed by atoms with E-state index in [0.29, 0.717) is 43.4 Å². The molecule has 6 nitrogen and oxygen atoms in total. The van der Waals surface area contributed by atoms with Crippen LogP contribution in [0, 0.1) is 0 Å². The summed E-state index contributed by atoms with van der Waals surface area (Å²) in [5.41, 5.74) is 0. The van der Waals surface area contributed by atoms with Crippen LogP contribution < -0.4 is 0 Å². The summed E-state index contributed by atoms with van der Waals surface area (Å²) in [6.45, 7) is 2.45. The Morgan fingerprint density at radius 1 is 1.04 bits per heavy atom. The van der Waals surface area contributed by atoms with Gasteiger partial charge in [-0.1, -0.05) is 18.2 Å². The number of rotatable bonds is 5. The summed E-state index contributed by atoms with van der Waals surface area (Å²) in [7, 11) is -3.43. The van der Waals surface area contributed by atoms with E-state index in [0.717, 1.165) is 0 Å². The topological polar surface area (TPSA) is 74.0 Å². The van der Waals surface area contributed by atoms with E-state index in [1.54, 1.807) is 42.5 Å². The molecule has 0 amide bonds. The summed E-state index contributed by atoms with van der Waals surface area (Å²) in [6.07, 6.45) is 0.838. The van der Waals surface area contributed by atoms with E-state index in [-0.39, 0.29) is 0 Å². The Labute approximate surface area is 136 Å². The number of piperazine rings is 1. The summed E-state index contributed by atoms with van der Waals surface area (Å²) in [5, 5.41) is 10.1. The lowest BCUT2D eigenvalue weighted by Crippen LogP contribution is -2.49. The van der Waals surface area contributed by atoms with Gasteiger partial charge in [0.05, 0.1) is 11.2 Å². The van der Waals surface area contributed by atoms with Crippen LogP contribution in [-0.4, -0.2) is 55.5 Å². The zero-order chi connectivity index (χ0) is 16.3. The maximum Gasteiger partial charge on any atom is 0.243 e. The highest BCUT2D eigenvalue weighted by Gasteiger charge is 2.29. The Balaban J connectivity index is 1.58. The van der Waals surface area contributed by atoms with Crippen molar-refractivity contribution in [2.45, 2.75) is 11.0 Å².